The molecule has 1 aromatic heterocycles. The van der Waals surface area contributed by atoms with Crippen LogP contribution in [0.4, 0.5) is 5.13 Å². The fraction of sp³-hybridized carbons (Fsp3) is 0.583. The molecular formula is C24H34N4O2S. The van der Waals surface area contributed by atoms with Gasteiger partial charge in [0.05, 0.1) is 4.88 Å². The first-order chi connectivity index (χ1) is 15.0. The van der Waals surface area contributed by atoms with Gasteiger partial charge in [-0.05, 0) is 36.8 Å². The molecule has 3 N–H and O–H groups in total. The maximum absolute atomic E-state index is 12.2. The molecule has 2 aromatic rings. The van der Waals surface area contributed by atoms with Crippen molar-refractivity contribution in [3.8, 4) is 10.4 Å². The van der Waals surface area contributed by atoms with Gasteiger partial charge in [0.2, 0.25) is 0 Å². The van der Waals surface area contributed by atoms with Crippen LogP contribution in [0.5, 0.6) is 0 Å². The number of carbonyl (C=O) groups is 1. The molecule has 0 atom stereocenters. The number of hydrogen-bond acceptors (Lipinski definition) is 6. The third-order valence-corrected chi connectivity index (χ3v) is 7.76. The van der Waals surface area contributed by atoms with Gasteiger partial charge in [-0.15, -0.1) is 0 Å². The molecule has 0 aliphatic heterocycles. The molecule has 2 fully saturated rings. The SMILES string of the molecule is CN(N)Cc1ccccc1-c1sc(N(C2CCCCC2)C2CCCCC2)nc1C(=O)O. The van der Waals surface area contributed by atoms with Crippen LogP contribution in [0.1, 0.15) is 80.3 Å². The molecule has 0 amide bonds. The van der Waals surface area contributed by atoms with Gasteiger partial charge >= 0.3 is 5.97 Å². The van der Waals surface area contributed by atoms with Crippen molar-refractivity contribution in [3.05, 3.63) is 35.5 Å². The van der Waals surface area contributed by atoms with Gasteiger partial charge in [-0.1, -0.05) is 74.1 Å². The molecule has 4 rings (SSSR count). The summed E-state index contributed by atoms with van der Waals surface area (Å²) in [6.45, 7) is 0.553. The molecule has 168 valence electrons. The van der Waals surface area contributed by atoms with Crippen LogP contribution in [-0.2, 0) is 6.54 Å². The largest absolute Gasteiger partial charge is 0.476 e. The van der Waals surface area contributed by atoms with Crippen LogP contribution in [0.15, 0.2) is 24.3 Å². The lowest BCUT2D eigenvalue weighted by Crippen LogP contribution is -2.45. The van der Waals surface area contributed by atoms with E-state index in [-0.39, 0.29) is 5.69 Å². The quantitative estimate of drug-likeness (QED) is 0.448. The van der Waals surface area contributed by atoms with Gasteiger partial charge in [0.15, 0.2) is 10.8 Å². The summed E-state index contributed by atoms with van der Waals surface area (Å²) >= 11 is 1.55. The average molecular weight is 443 g/mol. The first-order valence-corrected chi connectivity index (χ1v) is 12.4. The molecule has 2 saturated carbocycles. The van der Waals surface area contributed by atoms with E-state index < -0.39 is 5.97 Å². The lowest BCUT2D eigenvalue weighted by atomic mass is 9.89. The second kappa shape index (κ2) is 10.1. The van der Waals surface area contributed by atoms with Crippen molar-refractivity contribution in [3.63, 3.8) is 0 Å². The first kappa shape index (κ1) is 22.2. The molecule has 2 aliphatic carbocycles. The summed E-state index contributed by atoms with van der Waals surface area (Å²) in [5.41, 5.74) is 2.11. The average Bonchev–Trinajstić information content (AvgIpc) is 3.20. The Morgan fingerprint density at radius 1 is 1.06 bits per heavy atom. The molecule has 1 aromatic carbocycles. The summed E-state index contributed by atoms with van der Waals surface area (Å²) in [7, 11) is 1.82. The number of hydrogen-bond donors (Lipinski definition) is 2. The highest BCUT2D eigenvalue weighted by Crippen LogP contribution is 2.41. The Kier molecular flexibility index (Phi) is 7.25. The molecule has 0 saturated heterocycles. The summed E-state index contributed by atoms with van der Waals surface area (Å²) in [6.07, 6.45) is 12.4. The normalized spacial score (nSPS) is 18.4. The van der Waals surface area contributed by atoms with Gasteiger partial charge in [-0.2, -0.15) is 0 Å². The van der Waals surface area contributed by atoms with Crippen molar-refractivity contribution in [1.29, 1.82) is 0 Å². The fourth-order valence-corrected chi connectivity index (χ4v) is 6.49. The van der Waals surface area contributed by atoms with Crippen LogP contribution < -0.4 is 10.7 Å². The molecule has 0 unspecified atom stereocenters. The van der Waals surface area contributed by atoms with E-state index in [4.69, 9.17) is 10.8 Å². The summed E-state index contributed by atoms with van der Waals surface area (Å²) in [6, 6.07) is 8.89. The summed E-state index contributed by atoms with van der Waals surface area (Å²) in [4.78, 5) is 20.2. The number of carboxylic acid groups (broad SMARTS) is 1. The lowest BCUT2D eigenvalue weighted by Gasteiger charge is -2.41. The molecule has 0 bridgehead atoms. The number of thiazole rings is 1. The van der Waals surface area contributed by atoms with Crippen LogP contribution in [0.3, 0.4) is 0 Å². The van der Waals surface area contributed by atoms with Crippen molar-refractivity contribution in [1.82, 2.24) is 9.99 Å². The monoisotopic (exact) mass is 442 g/mol. The van der Waals surface area contributed by atoms with Crippen LogP contribution in [0.25, 0.3) is 10.4 Å². The fourth-order valence-electron chi connectivity index (χ4n) is 5.22. The van der Waals surface area contributed by atoms with Crippen molar-refractivity contribution < 1.29 is 9.90 Å². The highest BCUT2D eigenvalue weighted by atomic mass is 32.1. The van der Waals surface area contributed by atoms with E-state index in [0.29, 0.717) is 18.6 Å². The van der Waals surface area contributed by atoms with Crippen LogP contribution in [0.2, 0.25) is 0 Å². The van der Waals surface area contributed by atoms with Gasteiger partial charge in [-0.3, -0.25) is 5.84 Å². The van der Waals surface area contributed by atoms with E-state index in [0.717, 1.165) is 21.1 Å². The van der Waals surface area contributed by atoms with Gasteiger partial charge in [0.1, 0.15) is 0 Å². The Labute approximate surface area is 189 Å². The van der Waals surface area contributed by atoms with E-state index in [1.807, 2.05) is 31.3 Å². The number of anilines is 1. The Hall–Kier alpha value is -1.96. The maximum atomic E-state index is 12.2. The van der Waals surface area contributed by atoms with Crippen molar-refractivity contribution in [2.75, 3.05) is 11.9 Å². The summed E-state index contributed by atoms with van der Waals surface area (Å²) in [5, 5.41) is 12.5. The molecule has 2 aliphatic rings. The van der Waals surface area contributed by atoms with E-state index >= 15 is 0 Å². The Balaban J connectivity index is 1.76. The topological polar surface area (TPSA) is 82.7 Å². The minimum atomic E-state index is -0.958. The molecule has 0 spiro atoms. The Bertz CT molecular complexity index is 867. The van der Waals surface area contributed by atoms with Crippen molar-refractivity contribution in [2.24, 2.45) is 5.84 Å². The summed E-state index contributed by atoms with van der Waals surface area (Å²) < 4.78 is 0. The number of aromatic carboxylic acids is 1. The van der Waals surface area contributed by atoms with E-state index in [1.165, 1.54) is 64.2 Å². The molecular weight excluding hydrogens is 408 g/mol. The van der Waals surface area contributed by atoms with Gasteiger partial charge in [0.25, 0.3) is 0 Å². The second-order valence-corrected chi connectivity index (χ2v) is 10.0. The number of carboxylic acids is 1. The maximum Gasteiger partial charge on any atom is 0.356 e. The van der Waals surface area contributed by atoms with Crippen LogP contribution in [0, 0.1) is 0 Å². The van der Waals surface area contributed by atoms with Gasteiger partial charge in [0, 0.05) is 25.7 Å². The smallest absolute Gasteiger partial charge is 0.356 e. The Morgan fingerprint density at radius 3 is 2.19 bits per heavy atom. The second-order valence-electron chi connectivity index (χ2n) is 9.04. The predicted octanol–water partition coefficient (Wildman–Crippen LogP) is 5.29. The number of benzene rings is 1. The zero-order valence-corrected chi connectivity index (χ0v) is 19.2. The number of rotatable bonds is 7. The van der Waals surface area contributed by atoms with Crippen molar-refractivity contribution in [2.45, 2.75) is 82.8 Å². The van der Waals surface area contributed by atoms with Gasteiger partial charge < -0.3 is 10.0 Å². The van der Waals surface area contributed by atoms with E-state index in [2.05, 4.69) is 4.90 Å². The number of aromatic nitrogens is 1. The predicted molar refractivity (Wildman–Crippen MR) is 126 cm³/mol. The van der Waals surface area contributed by atoms with Crippen LogP contribution in [-0.4, -0.2) is 40.2 Å². The van der Waals surface area contributed by atoms with Crippen molar-refractivity contribution >= 4 is 22.4 Å². The molecule has 1 heterocycles. The van der Waals surface area contributed by atoms with Crippen LogP contribution >= 0.6 is 11.3 Å². The number of nitrogens with two attached hydrogens (primary N) is 1. The zero-order chi connectivity index (χ0) is 21.8. The standard InChI is InChI=1S/C24H34N4O2S/c1-27(25)16-17-10-8-9-15-20(17)22-21(23(29)30)26-24(31-22)28(18-11-4-2-5-12-18)19-13-6-3-7-14-19/h8-10,15,18-19H,2-7,11-14,16,25H2,1H3,(H,29,30). The molecule has 7 heteroatoms. The van der Waals surface area contributed by atoms with E-state index in [9.17, 15) is 9.90 Å². The molecule has 6 nitrogen and oxygen atoms in total. The highest BCUT2D eigenvalue weighted by Gasteiger charge is 2.33. The number of hydrazine groups is 1. The zero-order valence-electron chi connectivity index (χ0n) is 18.4. The highest BCUT2D eigenvalue weighted by molar-refractivity contribution is 7.19. The molecule has 0 radical (unpaired) electrons. The minimum Gasteiger partial charge on any atom is -0.476 e. The first-order valence-electron chi connectivity index (χ1n) is 11.6. The number of nitrogens with zero attached hydrogens (tertiary/aromatic N) is 3. The van der Waals surface area contributed by atoms with E-state index in [1.54, 1.807) is 16.3 Å². The Morgan fingerprint density at radius 2 is 1.65 bits per heavy atom. The molecule has 31 heavy (non-hydrogen) atoms. The third-order valence-electron chi connectivity index (χ3n) is 6.66. The lowest BCUT2D eigenvalue weighted by molar-refractivity contribution is 0.0692. The van der Waals surface area contributed by atoms with Gasteiger partial charge in [-0.25, -0.2) is 14.8 Å². The minimum absolute atomic E-state index is 0.170. The summed E-state index contributed by atoms with van der Waals surface area (Å²) in [5.74, 6) is 4.96. The third kappa shape index (κ3) is 5.10.